The van der Waals surface area contributed by atoms with Gasteiger partial charge < -0.3 is 0 Å². The molecule has 1 N–H and O–H groups in total. The van der Waals surface area contributed by atoms with E-state index in [0.29, 0.717) is 5.69 Å². The van der Waals surface area contributed by atoms with Crippen LogP contribution >= 0.6 is 11.3 Å². The van der Waals surface area contributed by atoms with Gasteiger partial charge in [-0.1, -0.05) is 54.6 Å². The standard InChI is InChI=1S/C26H21NO2S2/c28-31(29,22-10-2-1-3-11-22)27-21-9-6-7-19(17-21)18-25-23-12-5-4-8-20(23)13-14-26-24(25)15-16-30-26/h1-12,15-18,27H,13-14H2. The predicted octanol–water partition coefficient (Wildman–Crippen LogP) is 6.24. The van der Waals surface area contributed by atoms with Crippen LogP contribution in [0, 0.1) is 0 Å². The zero-order valence-corrected chi connectivity index (χ0v) is 18.4. The summed E-state index contributed by atoms with van der Waals surface area (Å²) >= 11 is 1.80. The molecule has 5 rings (SSSR count). The van der Waals surface area contributed by atoms with Crippen molar-refractivity contribution in [2.75, 3.05) is 4.72 Å². The normalized spacial score (nSPS) is 14.5. The summed E-state index contributed by atoms with van der Waals surface area (Å²) < 4.78 is 28.1. The minimum atomic E-state index is -3.63. The van der Waals surface area contributed by atoms with E-state index in [4.69, 9.17) is 0 Å². The van der Waals surface area contributed by atoms with Gasteiger partial charge in [-0.3, -0.25) is 4.72 Å². The topological polar surface area (TPSA) is 46.2 Å². The molecule has 0 spiro atoms. The van der Waals surface area contributed by atoms with Crippen LogP contribution in [-0.2, 0) is 22.9 Å². The molecule has 0 saturated heterocycles. The van der Waals surface area contributed by atoms with Gasteiger partial charge in [0.2, 0.25) is 0 Å². The van der Waals surface area contributed by atoms with Crippen molar-refractivity contribution in [2.45, 2.75) is 17.7 Å². The molecule has 1 aliphatic carbocycles. The van der Waals surface area contributed by atoms with Gasteiger partial charge in [0.05, 0.1) is 4.90 Å². The van der Waals surface area contributed by atoms with Gasteiger partial charge >= 0.3 is 0 Å². The summed E-state index contributed by atoms with van der Waals surface area (Å²) in [6.07, 6.45) is 4.23. The van der Waals surface area contributed by atoms with E-state index in [1.54, 1.807) is 47.7 Å². The van der Waals surface area contributed by atoms with Crippen LogP contribution in [0.15, 0.2) is 95.2 Å². The van der Waals surface area contributed by atoms with E-state index in [-0.39, 0.29) is 4.90 Å². The summed E-state index contributed by atoms with van der Waals surface area (Å²) in [7, 11) is -3.63. The SMILES string of the molecule is O=S(=O)(Nc1cccc(C=C2c3ccccc3CCc3sccc32)c1)c1ccccc1. The Morgan fingerprint density at radius 2 is 1.61 bits per heavy atom. The summed E-state index contributed by atoms with van der Waals surface area (Å²) in [5.41, 5.74) is 6.55. The Kier molecular flexibility index (Phi) is 5.22. The molecule has 0 radical (unpaired) electrons. The zero-order chi connectivity index (χ0) is 21.3. The molecule has 154 valence electrons. The molecule has 0 amide bonds. The highest BCUT2D eigenvalue weighted by atomic mass is 32.2. The maximum atomic E-state index is 12.7. The molecule has 31 heavy (non-hydrogen) atoms. The molecule has 0 atom stereocenters. The van der Waals surface area contributed by atoms with Crippen molar-refractivity contribution < 1.29 is 8.42 Å². The number of nitrogens with one attached hydrogen (secondary N) is 1. The fourth-order valence-corrected chi connectivity index (χ4v) is 5.96. The van der Waals surface area contributed by atoms with Crippen molar-refractivity contribution in [3.8, 4) is 0 Å². The van der Waals surface area contributed by atoms with Gasteiger partial charge in [-0.15, -0.1) is 11.3 Å². The number of fused-ring (bicyclic) bond motifs is 2. The number of rotatable bonds is 4. The Labute approximate surface area is 186 Å². The third kappa shape index (κ3) is 4.07. The van der Waals surface area contributed by atoms with Crippen LogP contribution < -0.4 is 4.72 Å². The third-order valence-corrected chi connectivity index (χ3v) is 7.85. The molecule has 0 saturated carbocycles. The van der Waals surface area contributed by atoms with Crippen LogP contribution in [0.1, 0.15) is 27.1 Å². The van der Waals surface area contributed by atoms with Crippen LogP contribution in [0.4, 0.5) is 5.69 Å². The van der Waals surface area contributed by atoms with Gasteiger partial charge in [0.15, 0.2) is 0 Å². The highest BCUT2D eigenvalue weighted by Crippen LogP contribution is 2.37. The average Bonchev–Trinajstić information content (AvgIpc) is 3.20. The van der Waals surface area contributed by atoms with E-state index in [2.05, 4.69) is 46.5 Å². The number of sulfonamides is 1. The minimum Gasteiger partial charge on any atom is -0.280 e. The van der Waals surface area contributed by atoms with Crippen molar-refractivity contribution in [1.29, 1.82) is 0 Å². The molecular weight excluding hydrogens is 422 g/mol. The second-order valence-electron chi connectivity index (χ2n) is 7.52. The minimum absolute atomic E-state index is 0.249. The molecule has 0 aliphatic heterocycles. The molecule has 0 bridgehead atoms. The highest BCUT2D eigenvalue weighted by molar-refractivity contribution is 7.92. The Morgan fingerprint density at radius 3 is 2.48 bits per heavy atom. The molecular formula is C26H21NO2S2. The van der Waals surface area contributed by atoms with Gasteiger partial charge in [0, 0.05) is 10.6 Å². The maximum Gasteiger partial charge on any atom is 0.261 e. The monoisotopic (exact) mass is 443 g/mol. The van der Waals surface area contributed by atoms with Crippen molar-refractivity contribution >= 4 is 38.7 Å². The Hall–Kier alpha value is -3.15. The molecule has 1 aromatic heterocycles. The van der Waals surface area contributed by atoms with E-state index >= 15 is 0 Å². The van der Waals surface area contributed by atoms with Crippen LogP contribution in [0.3, 0.4) is 0 Å². The zero-order valence-electron chi connectivity index (χ0n) is 16.8. The third-order valence-electron chi connectivity index (χ3n) is 5.47. The average molecular weight is 444 g/mol. The van der Waals surface area contributed by atoms with E-state index in [1.807, 2.05) is 18.2 Å². The first-order valence-corrected chi connectivity index (χ1v) is 12.5. The lowest BCUT2D eigenvalue weighted by Gasteiger charge is -2.11. The van der Waals surface area contributed by atoms with E-state index in [9.17, 15) is 8.42 Å². The predicted molar refractivity (Wildman–Crippen MR) is 129 cm³/mol. The highest BCUT2D eigenvalue weighted by Gasteiger charge is 2.19. The molecule has 0 unspecified atom stereocenters. The first kappa shape index (κ1) is 19.8. The Morgan fingerprint density at radius 1 is 0.806 bits per heavy atom. The summed E-state index contributed by atoms with van der Waals surface area (Å²) in [5.74, 6) is 0. The van der Waals surface area contributed by atoms with Gasteiger partial charge in [0.1, 0.15) is 0 Å². The van der Waals surface area contributed by atoms with Crippen molar-refractivity contribution in [1.82, 2.24) is 0 Å². The van der Waals surface area contributed by atoms with Crippen LogP contribution in [0.25, 0.3) is 11.6 Å². The number of anilines is 1. The quantitative estimate of drug-likeness (QED) is 0.406. The second-order valence-corrected chi connectivity index (χ2v) is 10.2. The summed E-state index contributed by atoms with van der Waals surface area (Å²) in [4.78, 5) is 1.64. The number of hydrogen-bond acceptors (Lipinski definition) is 3. The van der Waals surface area contributed by atoms with Gasteiger partial charge in [-0.25, -0.2) is 8.42 Å². The molecule has 1 heterocycles. The first-order valence-electron chi connectivity index (χ1n) is 10.1. The first-order chi connectivity index (χ1) is 15.1. The molecule has 0 fully saturated rings. The smallest absolute Gasteiger partial charge is 0.261 e. The van der Waals surface area contributed by atoms with Gasteiger partial charge in [0.25, 0.3) is 10.0 Å². The fraction of sp³-hybridized carbons (Fsp3) is 0.0769. The summed E-state index contributed by atoms with van der Waals surface area (Å²) in [5, 5.41) is 2.15. The lowest BCUT2D eigenvalue weighted by atomic mass is 9.94. The molecule has 3 nitrogen and oxygen atoms in total. The lowest BCUT2D eigenvalue weighted by Crippen LogP contribution is -2.12. The van der Waals surface area contributed by atoms with E-state index in [1.165, 1.54) is 27.1 Å². The summed E-state index contributed by atoms with van der Waals surface area (Å²) in [6.45, 7) is 0. The molecule has 3 aromatic carbocycles. The van der Waals surface area contributed by atoms with Crippen LogP contribution in [-0.4, -0.2) is 8.42 Å². The number of aryl methyl sites for hydroxylation is 2. The Balaban J connectivity index is 1.55. The van der Waals surface area contributed by atoms with Gasteiger partial charge in [-0.05, 0) is 82.5 Å². The second kappa shape index (κ2) is 8.17. The fourth-order valence-electron chi connectivity index (χ4n) is 4.00. The number of hydrogen-bond donors (Lipinski definition) is 1. The lowest BCUT2D eigenvalue weighted by molar-refractivity contribution is 0.601. The largest absolute Gasteiger partial charge is 0.280 e. The van der Waals surface area contributed by atoms with Crippen LogP contribution in [0.5, 0.6) is 0 Å². The molecule has 4 aromatic rings. The van der Waals surface area contributed by atoms with Crippen molar-refractivity contribution in [3.05, 3.63) is 117 Å². The number of benzene rings is 3. The molecule has 1 aliphatic rings. The number of thiophene rings is 1. The molecule has 5 heteroatoms. The van der Waals surface area contributed by atoms with Crippen LogP contribution in [0.2, 0.25) is 0 Å². The van der Waals surface area contributed by atoms with E-state index in [0.717, 1.165) is 18.4 Å². The van der Waals surface area contributed by atoms with Gasteiger partial charge in [-0.2, -0.15) is 0 Å². The van der Waals surface area contributed by atoms with Crippen molar-refractivity contribution in [2.24, 2.45) is 0 Å². The maximum absolute atomic E-state index is 12.7. The summed E-state index contributed by atoms with van der Waals surface area (Å²) in [6, 6.07) is 26.7. The van der Waals surface area contributed by atoms with E-state index < -0.39 is 10.0 Å². The van der Waals surface area contributed by atoms with Crippen molar-refractivity contribution in [3.63, 3.8) is 0 Å². The Bertz CT molecular complexity index is 1370.